The van der Waals surface area contributed by atoms with E-state index in [0.29, 0.717) is 16.9 Å². The summed E-state index contributed by atoms with van der Waals surface area (Å²) < 4.78 is 97.0. The van der Waals surface area contributed by atoms with Crippen LogP contribution in [0.15, 0.2) is 18.5 Å². The lowest BCUT2D eigenvalue weighted by atomic mass is 9.75. The molecule has 3 saturated carbocycles. The number of amides is 2. The van der Waals surface area contributed by atoms with Crippen molar-refractivity contribution < 1.29 is 40.3 Å². The number of nitrogens with zero attached hydrogens (tertiary/aromatic N) is 6. The van der Waals surface area contributed by atoms with Crippen LogP contribution in [0.4, 0.5) is 30.7 Å². The second kappa shape index (κ2) is 11.8. The Hall–Kier alpha value is -3.79. The Morgan fingerprint density at radius 3 is 2.35 bits per heavy atom. The minimum absolute atomic E-state index is 0.0152. The van der Waals surface area contributed by atoms with Crippen molar-refractivity contribution in [1.82, 2.24) is 34.9 Å². The number of aromatic nitrogens is 6. The number of imidazole rings is 1. The van der Waals surface area contributed by atoms with E-state index in [1.165, 1.54) is 10.7 Å². The van der Waals surface area contributed by atoms with Gasteiger partial charge in [-0.1, -0.05) is 5.21 Å². The molecule has 3 aromatic rings. The normalized spacial score (nSPS) is 22.7. The molecule has 10 nitrogen and oxygen atoms in total. The smallest absolute Gasteiger partial charge is 0.364 e. The first-order valence-electron chi connectivity index (χ1n) is 15.3. The topological polar surface area (TPSA) is 133 Å². The quantitative estimate of drug-likeness (QED) is 0.268. The predicted octanol–water partition coefficient (Wildman–Crippen LogP) is 5.33. The maximum absolute atomic E-state index is 14.2. The summed E-state index contributed by atoms with van der Waals surface area (Å²) in [5.74, 6) is -9.83. The van der Waals surface area contributed by atoms with Gasteiger partial charge in [-0.25, -0.2) is 31.7 Å². The number of carbonyl (C=O) groups is 2. The predicted molar refractivity (Wildman–Crippen MR) is 147 cm³/mol. The second-order valence-electron chi connectivity index (χ2n) is 12.8. The number of fused-ring (bicyclic) bond motifs is 1. The number of carbonyl (C=O) groups excluding carboxylic acids is 2. The van der Waals surface area contributed by atoms with E-state index >= 15 is 0 Å². The molecule has 250 valence electrons. The first kappa shape index (κ1) is 32.2. The van der Waals surface area contributed by atoms with Crippen molar-refractivity contribution in [3.05, 3.63) is 41.1 Å². The SMILES string of the molecule is NC(=O)c1c([C@H](c2cn3ncc([C@H](NC(=O)CCC(F)(F)F)C4CC4)cc3n2)C2CCC(F)(F)CC2)nnn1CC1CCC1(F)F. The van der Waals surface area contributed by atoms with Gasteiger partial charge in [0.25, 0.3) is 11.8 Å². The Morgan fingerprint density at radius 1 is 1.04 bits per heavy atom. The van der Waals surface area contributed by atoms with Crippen molar-refractivity contribution in [2.24, 2.45) is 23.5 Å². The van der Waals surface area contributed by atoms with E-state index in [4.69, 9.17) is 10.7 Å². The molecular weight excluding hydrogens is 625 g/mol. The van der Waals surface area contributed by atoms with Crippen LogP contribution in [0.2, 0.25) is 0 Å². The number of hydrogen-bond donors (Lipinski definition) is 2. The van der Waals surface area contributed by atoms with Gasteiger partial charge in [0.1, 0.15) is 11.4 Å². The van der Waals surface area contributed by atoms with Gasteiger partial charge in [0, 0.05) is 31.6 Å². The summed E-state index contributed by atoms with van der Waals surface area (Å²) in [4.78, 5) is 29.8. The molecule has 17 heteroatoms. The Bertz CT molecular complexity index is 1610. The van der Waals surface area contributed by atoms with E-state index < -0.39 is 79.3 Å². The molecule has 0 aromatic carbocycles. The van der Waals surface area contributed by atoms with E-state index in [1.54, 1.807) is 12.3 Å². The molecule has 3 aromatic heterocycles. The molecule has 3 fully saturated rings. The first-order chi connectivity index (χ1) is 21.6. The van der Waals surface area contributed by atoms with Gasteiger partial charge in [-0.05, 0) is 55.6 Å². The zero-order chi connectivity index (χ0) is 33.0. The van der Waals surface area contributed by atoms with Crippen molar-refractivity contribution in [2.45, 2.75) is 101 Å². The van der Waals surface area contributed by atoms with Gasteiger partial charge in [0.2, 0.25) is 11.8 Å². The second-order valence-corrected chi connectivity index (χ2v) is 12.8. The highest BCUT2D eigenvalue weighted by molar-refractivity contribution is 5.92. The molecule has 0 aliphatic heterocycles. The number of hydrogen-bond acceptors (Lipinski definition) is 6. The zero-order valence-electron chi connectivity index (χ0n) is 24.6. The fraction of sp³-hybridized carbons (Fsp3) is 0.655. The summed E-state index contributed by atoms with van der Waals surface area (Å²) in [5, 5.41) is 15.3. The minimum Gasteiger partial charge on any atom is -0.364 e. The molecule has 1 unspecified atom stereocenters. The van der Waals surface area contributed by atoms with Crippen LogP contribution in [0.1, 0.15) is 104 Å². The van der Waals surface area contributed by atoms with Crippen molar-refractivity contribution in [2.75, 3.05) is 0 Å². The number of halogens is 7. The molecule has 0 bridgehead atoms. The van der Waals surface area contributed by atoms with Crippen LogP contribution in [-0.2, 0) is 11.3 Å². The van der Waals surface area contributed by atoms with Crippen molar-refractivity contribution >= 4 is 17.5 Å². The number of alkyl halides is 7. The molecule has 6 rings (SSSR count). The van der Waals surface area contributed by atoms with Crippen LogP contribution in [0.5, 0.6) is 0 Å². The lowest BCUT2D eigenvalue weighted by Crippen LogP contribution is -2.42. The van der Waals surface area contributed by atoms with Crippen LogP contribution in [0.3, 0.4) is 0 Å². The number of nitrogens with one attached hydrogen (secondary N) is 1. The fourth-order valence-corrected chi connectivity index (χ4v) is 6.55. The van der Waals surface area contributed by atoms with E-state index in [0.717, 1.165) is 17.5 Å². The lowest BCUT2D eigenvalue weighted by molar-refractivity contribution is -0.144. The highest BCUT2D eigenvalue weighted by Gasteiger charge is 2.49. The third-order valence-electron chi connectivity index (χ3n) is 9.42. The van der Waals surface area contributed by atoms with Crippen LogP contribution in [-0.4, -0.2) is 59.4 Å². The zero-order valence-corrected chi connectivity index (χ0v) is 24.6. The van der Waals surface area contributed by atoms with Crippen LogP contribution >= 0.6 is 0 Å². The highest BCUT2D eigenvalue weighted by atomic mass is 19.4. The molecule has 2 amide bonds. The lowest BCUT2D eigenvalue weighted by Gasteiger charge is -2.36. The molecule has 3 heterocycles. The molecule has 46 heavy (non-hydrogen) atoms. The molecule has 0 radical (unpaired) electrons. The molecule has 3 aliphatic rings. The van der Waals surface area contributed by atoms with Gasteiger partial charge in [-0.3, -0.25) is 9.59 Å². The Kier molecular flexibility index (Phi) is 8.24. The molecule has 0 saturated heterocycles. The summed E-state index contributed by atoms with van der Waals surface area (Å²) in [6, 6.07) is 1.06. The summed E-state index contributed by atoms with van der Waals surface area (Å²) in [5.41, 5.74) is 6.74. The third-order valence-corrected chi connectivity index (χ3v) is 9.42. The number of rotatable bonds is 11. The molecule has 3 N–H and O–H groups in total. The minimum atomic E-state index is -4.47. The van der Waals surface area contributed by atoms with Gasteiger partial charge in [-0.2, -0.15) is 18.3 Å². The van der Waals surface area contributed by atoms with Crippen molar-refractivity contribution in [3.8, 4) is 0 Å². The maximum atomic E-state index is 14.2. The Morgan fingerprint density at radius 2 is 1.76 bits per heavy atom. The van der Waals surface area contributed by atoms with Gasteiger partial charge < -0.3 is 11.1 Å². The average molecular weight is 659 g/mol. The van der Waals surface area contributed by atoms with E-state index in [1.807, 2.05) is 0 Å². The van der Waals surface area contributed by atoms with E-state index in [2.05, 4.69) is 20.7 Å². The summed E-state index contributed by atoms with van der Waals surface area (Å²) in [6.45, 7) is -0.291. The molecule has 3 atom stereocenters. The number of nitrogens with two attached hydrogens (primary N) is 1. The first-order valence-corrected chi connectivity index (χ1v) is 15.3. The fourth-order valence-electron chi connectivity index (χ4n) is 6.55. The van der Waals surface area contributed by atoms with Gasteiger partial charge in [0.05, 0.1) is 43.0 Å². The van der Waals surface area contributed by atoms with Crippen LogP contribution < -0.4 is 11.1 Å². The van der Waals surface area contributed by atoms with Crippen LogP contribution in [0.25, 0.3) is 5.65 Å². The Balaban J connectivity index is 1.33. The average Bonchev–Trinajstić information content (AvgIpc) is 3.59. The van der Waals surface area contributed by atoms with E-state index in [9.17, 15) is 40.3 Å². The standard InChI is InChI=1S/C29H33F7N8O2/c30-27(31)7-3-15(4-8-27)22(24-25(26(37)46)44(42-41-24)13-18-5-9-28(18,32)33)19-14-43-20(39-19)11-17(12-38-43)23(16-1-2-16)40-21(45)6-10-29(34,35)36/h11-12,14-16,18,22-23H,1-10,13H2,(H2,37,46)(H,40,45)/t18?,22-,23+/m0/s1. The van der Waals surface area contributed by atoms with Gasteiger partial charge >= 0.3 is 6.18 Å². The summed E-state index contributed by atoms with van der Waals surface area (Å²) in [7, 11) is 0. The summed E-state index contributed by atoms with van der Waals surface area (Å²) >= 11 is 0. The van der Waals surface area contributed by atoms with Crippen molar-refractivity contribution in [1.29, 1.82) is 0 Å². The monoisotopic (exact) mass is 658 g/mol. The third kappa shape index (κ3) is 6.82. The Labute approximate surface area is 258 Å². The molecule has 0 spiro atoms. The summed E-state index contributed by atoms with van der Waals surface area (Å²) in [6.07, 6.45) is -2.61. The largest absolute Gasteiger partial charge is 0.389 e. The molecular formula is C29H33F7N8O2. The van der Waals surface area contributed by atoms with E-state index in [-0.39, 0.29) is 49.5 Å². The van der Waals surface area contributed by atoms with Crippen molar-refractivity contribution in [3.63, 3.8) is 0 Å². The molecule has 3 aliphatic carbocycles. The highest BCUT2D eigenvalue weighted by Crippen LogP contribution is 2.47. The van der Waals surface area contributed by atoms with Gasteiger partial charge in [0.15, 0.2) is 5.65 Å². The van der Waals surface area contributed by atoms with Gasteiger partial charge in [-0.15, -0.1) is 5.10 Å². The number of primary amides is 1. The maximum Gasteiger partial charge on any atom is 0.389 e. The van der Waals surface area contributed by atoms with Crippen LogP contribution in [0, 0.1) is 17.8 Å².